The maximum Gasteiger partial charge on any atom is 0.352 e. The summed E-state index contributed by atoms with van der Waals surface area (Å²) < 4.78 is 16.2. The Morgan fingerprint density at radius 1 is 1.08 bits per heavy atom. The molecule has 1 atom stereocenters. The zero-order valence-electron chi connectivity index (χ0n) is 13.0. The monoisotopic (exact) mass is 394 g/mol. The average Bonchev–Trinajstić information content (AvgIpc) is 2.56. The first-order valence-electron chi connectivity index (χ1n) is 6.96. The molecule has 0 bridgehead atoms. The number of methoxy groups -OCH3 is 1. The molecule has 7 heteroatoms. The van der Waals surface area contributed by atoms with Gasteiger partial charge in [-0.2, -0.15) is 0 Å². The van der Waals surface area contributed by atoms with Crippen molar-refractivity contribution in [2.45, 2.75) is 13.0 Å². The zero-order chi connectivity index (χ0) is 17.7. The van der Waals surface area contributed by atoms with Crippen molar-refractivity contribution in [3.8, 4) is 17.2 Å². The fraction of sp³-hybridized carbons (Fsp3) is 0.176. The van der Waals surface area contributed by atoms with Gasteiger partial charge in [-0.15, -0.1) is 0 Å². The van der Waals surface area contributed by atoms with E-state index >= 15 is 0 Å². The molecular weight excluding hydrogens is 380 g/mol. The number of carbonyl (C=O) groups is 2. The molecule has 2 aromatic carbocycles. The molecule has 0 spiro atoms. The Bertz CT molecular complexity index is 741. The number of aromatic carboxylic acids is 1. The minimum absolute atomic E-state index is 0.0409. The molecule has 0 aliphatic rings. The third-order valence-electron chi connectivity index (χ3n) is 3.09. The molecule has 0 saturated carbocycles. The highest BCUT2D eigenvalue weighted by Crippen LogP contribution is 2.24. The van der Waals surface area contributed by atoms with E-state index in [1.54, 1.807) is 37.4 Å². The Morgan fingerprint density at radius 3 is 2.29 bits per heavy atom. The van der Waals surface area contributed by atoms with Gasteiger partial charge in [-0.1, -0.05) is 15.9 Å². The van der Waals surface area contributed by atoms with Gasteiger partial charge in [0, 0.05) is 4.47 Å². The summed E-state index contributed by atoms with van der Waals surface area (Å²) in [6, 6.07) is 11.1. The number of carbonyl (C=O) groups excluding carboxylic acids is 1. The van der Waals surface area contributed by atoms with Crippen molar-refractivity contribution in [1.29, 1.82) is 0 Å². The van der Waals surface area contributed by atoms with Gasteiger partial charge < -0.3 is 19.3 Å². The molecule has 0 aliphatic carbocycles. The molecule has 0 fully saturated rings. The van der Waals surface area contributed by atoms with Crippen molar-refractivity contribution >= 4 is 27.9 Å². The van der Waals surface area contributed by atoms with Gasteiger partial charge in [0.05, 0.1) is 7.11 Å². The molecule has 0 amide bonds. The van der Waals surface area contributed by atoms with Crippen LogP contribution in [0.3, 0.4) is 0 Å². The number of carboxylic acid groups (broad SMARTS) is 1. The number of rotatable bonds is 6. The van der Waals surface area contributed by atoms with E-state index in [1.807, 2.05) is 0 Å². The van der Waals surface area contributed by atoms with E-state index < -0.39 is 18.0 Å². The molecule has 0 radical (unpaired) electrons. The number of halogens is 1. The van der Waals surface area contributed by atoms with Crippen LogP contribution in [0.25, 0.3) is 0 Å². The predicted octanol–water partition coefficient (Wildman–Crippen LogP) is 3.53. The number of esters is 1. The fourth-order valence-electron chi connectivity index (χ4n) is 1.86. The lowest BCUT2D eigenvalue weighted by molar-refractivity contribution is -0.141. The molecule has 0 aliphatic heterocycles. The van der Waals surface area contributed by atoms with E-state index in [1.165, 1.54) is 19.1 Å². The Labute approximate surface area is 147 Å². The van der Waals surface area contributed by atoms with Crippen LogP contribution in [0.2, 0.25) is 0 Å². The van der Waals surface area contributed by atoms with Gasteiger partial charge in [-0.25, -0.2) is 9.59 Å². The van der Waals surface area contributed by atoms with Crippen molar-refractivity contribution in [2.75, 3.05) is 7.11 Å². The summed E-state index contributed by atoms with van der Waals surface area (Å²) in [6.07, 6.45) is -0.913. The molecule has 126 valence electrons. The van der Waals surface area contributed by atoms with Gasteiger partial charge >= 0.3 is 11.9 Å². The van der Waals surface area contributed by atoms with Gasteiger partial charge in [-0.3, -0.25) is 0 Å². The predicted molar refractivity (Wildman–Crippen MR) is 89.8 cm³/mol. The van der Waals surface area contributed by atoms with E-state index in [0.29, 0.717) is 16.0 Å². The molecule has 2 aromatic rings. The Balaban J connectivity index is 2.07. The third-order valence-corrected chi connectivity index (χ3v) is 3.58. The summed E-state index contributed by atoms with van der Waals surface area (Å²) in [5.41, 5.74) is -0.116. The molecular formula is C17H15BrO6. The van der Waals surface area contributed by atoms with Crippen LogP contribution in [0.15, 0.2) is 46.9 Å². The summed E-state index contributed by atoms with van der Waals surface area (Å²) in [5, 5.41) is 9.17. The van der Waals surface area contributed by atoms with Crippen LogP contribution in [0, 0.1) is 0 Å². The zero-order valence-corrected chi connectivity index (χ0v) is 14.6. The Kier molecular flexibility index (Phi) is 5.81. The lowest BCUT2D eigenvalue weighted by Gasteiger charge is -2.15. The summed E-state index contributed by atoms with van der Waals surface area (Å²) in [4.78, 5) is 23.3. The number of carboxylic acids is 1. The van der Waals surface area contributed by atoms with Crippen molar-refractivity contribution in [2.24, 2.45) is 0 Å². The molecule has 2 rings (SSSR count). The van der Waals surface area contributed by atoms with Gasteiger partial charge in [0.1, 0.15) is 22.8 Å². The number of hydrogen-bond donors (Lipinski definition) is 1. The second-order valence-electron chi connectivity index (χ2n) is 4.80. The van der Waals surface area contributed by atoms with Crippen molar-refractivity contribution in [1.82, 2.24) is 0 Å². The number of hydrogen-bond acceptors (Lipinski definition) is 5. The van der Waals surface area contributed by atoms with Crippen LogP contribution in [-0.4, -0.2) is 30.3 Å². The molecule has 0 heterocycles. The molecule has 0 saturated heterocycles. The smallest absolute Gasteiger partial charge is 0.352 e. The topological polar surface area (TPSA) is 82.1 Å². The summed E-state index contributed by atoms with van der Waals surface area (Å²) in [6.45, 7) is 1.52. The van der Waals surface area contributed by atoms with Gasteiger partial charge in [0.25, 0.3) is 0 Å². The lowest BCUT2D eigenvalue weighted by Crippen LogP contribution is -2.29. The highest BCUT2D eigenvalue weighted by molar-refractivity contribution is 9.10. The van der Waals surface area contributed by atoms with E-state index in [4.69, 9.17) is 14.2 Å². The highest BCUT2D eigenvalue weighted by Gasteiger charge is 2.21. The van der Waals surface area contributed by atoms with Crippen LogP contribution < -0.4 is 14.2 Å². The molecule has 6 nitrogen and oxygen atoms in total. The highest BCUT2D eigenvalue weighted by atomic mass is 79.9. The molecule has 1 unspecified atom stereocenters. The van der Waals surface area contributed by atoms with Crippen molar-refractivity contribution in [3.63, 3.8) is 0 Å². The third kappa shape index (κ3) is 4.48. The SMILES string of the molecule is COc1ccc(OC(C)C(=O)Oc2ccc(Br)cc2C(=O)O)cc1. The molecule has 1 N–H and O–H groups in total. The first kappa shape index (κ1) is 17.8. The Hall–Kier alpha value is -2.54. The minimum Gasteiger partial charge on any atom is -0.497 e. The molecule has 24 heavy (non-hydrogen) atoms. The summed E-state index contributed by atoms with van der Waals surface area (Å²) >= 11 is 3.18. The Morgan fingerprint density at radius 2 is 1.71 bits per heavy atom. The van der Waals surface area contributed by atoms with Crippen molar-refractivity contribution in [3.05, 3.63) is 52.5 Å². The number of benzene rings is 2. The first-order chi connectivity index (χ1) is 11.4. The van der Waals surface area contributed by atoms with Crippen LogP contribution in [0.4, 0.5) is 0 Å². The number of ether oxygens (including phenoxy) is 3. The van der Waals surface area contributed by atoms with Gasteiger partial charge in [0.15, 0.2) is 6.10 Å². The van der Waals surface area contributed by atoms with Crippen LogP contribution in [0.1, 0.15) is 17.3 Å². The van der Waals surface area contributed by atoms with E-state index in [0.717, 1.165) is 0 Å². The van der Waals surface area contributed by atoms with Crippen LogP contribution in [-0.2, 0) is 4.79 Å². The molecule has 0 aromatic heterocycles. The van der Waals surface area contributed by atoms with E-state index in [9.17, 15) is 14.7 Å². The second-order valence-corrected chi connectivity index (χ2v) is 5.72. The maximum absolute atomic E-state index is 12.1. The maximum atomic E-state index is 12.1. The van der Waals surface area contributed by atoms with Crippen LogP contribution in [0.5, 0.6) is 17.2 Å². The summed E-state index contributed by atoms with van der Waals surface area (Å²) in [7, 11) is 1.55. The average molecular weight is 395 g/mol. The first-order valence-corrected chi connectivity index (χ1v) is 7.75. The minimum atomic E-state index is -1.19. The fourth-order valence-corrected chi connectivity index (χ4v) is 2.22. The van der Waals surface area contributed by atoms with Crippen LogP contribution >= 0.6 is 15.9 Å². The normalized spacial score (nSPS) is 11.5. The van der Waals surface area contributed by atoms with Gasteiger partial charge in [-0.05, 0) is 49.4 Å². The standard InChI is InChI=1S/C17H15BrO6/c1-10(23-13-6-4-12(22-2)5-7-13)17(21)24-15-8-3-11(18)9-14(15)16(19)20/h3-10H,1-2H3,(H,19,20). The lowest BCUT2D eigenvalue weighted by atomic mass is 10.2. The van der Waals surface area contributed by atoms with Gasteiger partial charge in [0.2, 0.25) is 0 Å². The summed E-state index contributed by atoms with van der Waals surface area (Å²) in [5.74, 6) is -0.799. The largest absolute Gasteiger partial charge is 0.497 e. The second kappa shape index (κ2) is 7.83. The van der Waals surface area contributed by atoms with Crippen molar-refractivity contribution < 1.29 is 28.9 Å². The van der Waals surface area contributed by atoms with E-state index in [-0.39, 0.29) is 11.3 Å². The van der Waals surface area contributed by atoms with E-state index in [2.05, 4.69) is 15.9 Å². The quantitative estimate of drug-likeness (QED) is 0.595.